The monoisotopic (exact) mass is 258 g/mol. The van der Waals surface area contributed by atoms with E-state index in [-0.39, 0.29) is 5.41 Å². The number of pyridine rings is 1. The number of nitrogens with zero attached hydrogens (tertiary/aromatic N) is 1. The zero-order chi connectivity index (χ0) is 13.6. The standard InChI is InChI=1S/C15H18N2O2/c1-15(2,3)10-6-9-7-12-13(19-5-4-18-12)8-11(9)17-14(10)16/h6-8H,4-5H2,1-3H3,(H2,16,17). The molecule has 0 bridgehead atoms. The van der Waals surface area contributed by atoms with Gasteiger partial charge in [-0.05, 0) is 17.5 Å². The van der Waals surface area contributed by atoms with Crippen molar-refractivity contribution in [3.05, 3.63) is 23.8 Å². The third-order valence-corrected chi connectivity index (χ3v) is 3.32. The molecule has 1 aliphatic rings. The Hall–Kier alpha value is -1.97. The van der Waals surface area contributed by atoms with Gasteiger partial charge in [0.05, 0.1) is 5.52 Å². The zero-order valence-electron chi connectivity index (χ0n) is 11.5. The Morgan fingerprint density at radius 3 is 2.32 bits per heavy atom. The van der Waals surface area contributed by atoms with Gasteiger partial charge >= 0.3 is 0 Å². The Balaban J connectivity index is 2.23. The molecule has 4 nitrogen and oxygen atoms in total. The van der Waals surface area contributed by atoms with Gasteiger partial charge in [0.25, 0.3) is 0 Å². The summed E-state index contributed by atoms with van der Waals surface area (Å²) < 4.78 is 11.2. The van der Waals surface area contributed by atoms with Crippen LogP contribution >= 0.6 is 0 Å². The summed E-state index contributed by atoms with van der Waals surface area (Å²) in [6, 6.07) is 5.97. The van der Waals surface area contributed by atoms with E-state index in [0.29, 0.717) is 19.0 Å². The van der Waals surface area contributed by atoms with Crippen LogP contribution in [0.5, 0.6) is 11.5 Å². The van der Waals surface area contributed by atoms with Crippen molar-refractivity contribution in [2.75, 3.05) is 18.9 Å². The highest BCUT2D eigenvalue weighted by Crippen LogP contribution is 2.36. The first-order chi connectivity index (χ1) is 8.95. The van der Waals surface area contributed by atoms with Crippen molar-refractivity contribution in [3.8, 4) is 11.5 Å². The molecule has 4 heteroatoms. The van der Waals surface area contributed by atoms with Crippen LogP contribution < -0.4 is 15.2 Å². The summed E-state index contributed by atoms with van der Waals surface area (Å²) in [5, 5.41) is 1.03. The second kappa shape index (κ2) is 4.02. The van der Waals surface area contributed by atoms with E-state index in [4.69, 9.17) is 15.2 Å². The highest BCUT2D eigenvalue weighted by Gasteiger charge is 2.20. The molecule has 100 valence electrons. The van der Waals surface area contributed by atoms with Gasteiger partial charge in [0.2, 0.25) is 0 Å². The molecular weight excluding hydrogens is 240 g/mol. The summed E-state index contributed by atoms with van der Waals surface area (Å²) in [4.78, 5) is 4.49. The van der Waals surface area contributed by atoms with E-state index in [1.165, 1.54) is 0 Å². The predicted molar refractivity (Wildman–Crippen MR) is 75.8 cm³/mol. The first kappa shape index (κ1) is 12.1. The largest absolute Gasteiger partial charge is 0.486 e. The van der Waals surface area contributed by atoms with E-state index in [1.54, 1.807) is 0 Å². The van der Waals surface area contributed by atoms with Crippen LogP contribution in [-0.4, -0.2) is 18.2 Å². The van der Waals surface area contributed by atoms with Crippen LogP contribution in [0.4, 0.5) is 5.82 Å². The Labute approximate surface area is 112 Å². The molecule has 0 amide bonds. The van der Waals surface area contributed by atoms with Crippen molar-refractivity contribution >= 4 is 16.7 Å². The van der Waals surface area contributed by atoms with Crippen molar-refractivity contribution in [2.45, 2.75) is 26.2 Å². The lowest BCUT2D eigenvalue weighted by Gasteiger charge is -2.22. The van der Waals surface area contributed by atoms with Crippen molar-refractivity contribution in [1.29, 1.82) is 0 Å². The summed E-state index contributed by atoms with van der Waals surface area (Å²) in [6.45, 7) is 7.56. The lowest BCUT2D eigenvalue weighted by molar-refractivity contribution is 0.172. The highest BCUT2D eigenvalue weighted by molar-refractivity contribution is 5.85. The van der Waals surface area contributed by atoms with Gasteiger partial charge in [0, 0.05) is 17.0 Å². The molecule has 0 saturated carbocycles. The quantitative estimate of drug-likeness (QED) is 0.789. The molecule has 0 unspecified atom stereocenters. The average molecular weight is 258 g/mol. The van der Waals surface area contributed by atoms with Crippen LogP contribution in [0.25, 0.3) is 10.9 Å². The van der Waals surface area contributed by atoms with Crippen LogP contribution in [0.1, 0.15) is 26.3 Å². The Bertz CT molecular complexity index is 645. The molecule has 0 fully saturated rings. The van der Waals surface area contributed by atoms with E-state index in [2.05, 4.69) is 31.8 Å². The number of nitrogen functional groups attached to an aromatic ring is 1. The SMILES string of the molecule is CC(C)(C)c1cc2cc3c(cc2nc1N)OCCO3. The summed E-state index contributed by atoms with van der Waals surface area (Å²) in [5.74, 6) is 2.11. The lowest BCUT2D eigenvalue weighted by Crippen LogP contribution is -2.16. The molecule has 2 aromatic rings. The fraction of sp³-hybridized carbons (Fsp3) is 0.400. The number of hydrogen-bond donors (Lipinski definition) is 1. The number of anilines is 1. The fourth-order valence-electron chi connectivity index (χ4n) is 2.33. The molecule has 2 heterocycles. The molecule has 2 N–H and O–H groups in total. The van der Waals surface area contributed by atoms with Crippen molar-refractivity contribution in [2.24, 2.45) is 0 Å². The van der Waals surface area contributed by atoms with Crippen LogP contribution in [0.2, 0.25) is 0 Å². The number of ether oxygens (including phenoxy) is 2. The third-order valence-electron chi connectivity index (χ3n) is 3.32. The number of hydrogen-bond acceptors (Lipinski definition) is 4. The molecule has 0 aliphatic carbocycles. The van der Waals surface area contributed by atoms with E-state index >= 15 is 0 Å². The molecule has 1 aromatic carbocycles. The third kappa shape index (κ3) is 2.07. The smallest absolute Gasteiger partial charge is 0.163 e. The van der Waals surface area contributed by atoms with Crippen LogP contribution in [0.15, 0.2) is 18.2 Å². The molecule has 1 aromatic heterocycles. The zero-order valence-corrected chi connectivity index (χ0v) is 11.5. The predicted octanol–water partition coefficient (Wildman–Crippen LogP) is 2.89. The fourth-order valence-corrected chi connectivity index (χ4v) is 2.33. The second-order valence-electron chi connectivity index (χ2n) is 5.86. The van der Waals surface area contributed by atoms with Gasteiger partial charge in [-0.3, -0.25) is 0 Å². The summed E-state index contributed by atoms with van der Waals surface area (Å²) in [5.41, 5.74) is 7.93. The summed E-state index contributed by atoms with van der Waals surface area (Å²) >= 11 is 0. The van der Waals surface area contributed by atoms with E-state index in [0.717, 1.165) is 28.0 Å². The molecule has 19 heavy (non-hydrogen) atoms. The second-order valence-corrected chi connectivity index (χ2v) is 5.86. The van der Waals surface area contributed by atoms with E-state index in [1.807, 2.05) is 12.1 Å². The molecule has 3 rings (SSSR count). The maximum absolute atomic E-state index is 6.07. The normalized spacial score (nSPS) is 14.7. The number of nitrogens with two attached hydrogens (primary N) is 1. The first-order valence-corrected chi connectivity index (χ1v) is 6.45. The van der Waals surface area contributed by atoms with Gasteiger partial charge in [0.1, 0.15) is 19.0 Å². The van der Waals surface area contributed by atoms with Crippen LogP contribution in [0.3, 0.4) is 0 Å². The molecular formula is C15H18N2O2. The maximum Gasteiger partial charge on any atom is 0.163 e. The average Bonchev–Trinajstić information content (AvgIpc) is 2.34. The van der Waals surface area contributed by atoms with Crippen LogP contribution in [-0.2, 0) is 5.41 Å². The first-order valence-electron chi connectivity index (χ1n) is 6.45. The van der Waals surface area contributed by atoms with Gasteiger partial charge in [-0.2, -0.15) is 0 Å². The van der Waals surface area contributed by atoms with Crippen molar-refractivity contribution in [1.82, 2.24) is 4.98 Å². The number of rotatable bonds is 0. The molecule has 0 radical (unpaired) electrons. The Morgan fingerprint density at radius 2 is 1.68 bits per heavy atom. The Morgan fingerprint density at radius 1 is 1.05 bits per heavy atom. The number of fused-ring (bicyclic) bond motifs is 2. The lowest BCUT2D eigenvalue weighted by atomic mass is 9.86. The minimum absolute atomic E-state index is 0.0292. The molecule has 0 spiro atoms. The molecule has 0 atom stereocenters. The van der Waals surface area contributed by atoms with E-state index < -0.39 is 0 Å². The topological polar surface area (TPSA) is 57.4 Å². The van der Waals surface area contributed by atoms with Gasteiger partial charge in [-0.1, -0.05) is 20.8 Å². The van der Waals surface area contributed by atoms with Gasteiger partial charge in [-0.25, -0.2) is 4.98 Å². The van der Waals surface area contributed by atoms with Crippen molar-refractivity contribution < 1.29 is 9.47 Å². The molecule has 1 aliphatic heterocycles. The minimum Gasteiger partial charge on any atom is -0.486 e. The van der Waals surface area contributed by atoms with Gasteiger partial charge in [-0.15, -0.1) is 0 Å². The van der Waals surface area contributed by atoms with Gasteiger partial charge in [0.15, 0.2) is 11.5 Å². The molecule has 0 saturated heterocycles. The van der Waals surface area contributed by atoms with Crippen LogP contribution in [0, 0.1) is 0 Å². The van der Waals surface area contributed by atoms with E-state index in [9.17, 15) is 0 Å². The summed E-state index contributed by atoms with van der Waals surface area (Å²) in [6.07, 6.45) is 0. The summed E-state index contributed by atoms with van der Waals surface area (Å²) in [7, 11) is 0. The number of benzene rings is 1. The van der Waals surface area contributed by atoms with Gasteiger partial charge < -0.3 is 15.2 Å². The number of aromatic nitrogens is 1. The Kier molecular flexibility index (Phi) is 2.55. The van der Waals surface area contributed by atoms with Crippen molar-refractivity contribution in [3.63, 3.8) is 0 Å². The minimum atomic E-state index is -0.0292. The highest BCUT2D eigenvalue weighted by atomic mass is 16.6. The maximum atomic E-state index is 6.07.